The number of rotatable bonds is 4. The van der Waals surface area contributed by atoms with Crippen LogP contribution in [0.1, 0.15) is 52.9 Å². The van der Waals surface area contributed by atoms with Crippen LogP contribution in [-0.2, 0) is 0 Å². The molecule has 0 spiro atoms. The summed E-state index contributed by atoms with van der Waals surface area (Å²) in [6.45, 7) is 10.0. The highest BCUT2D eigenvalue weighted by Gasteiger charge is 2.37. The molecule has 0 radical (unpaired) electrons. The van der Waals surface area contributed by atoms with E-state index in [4.69, 9.17) is 0 Å². The molecule has 1 heterocycles. The lowest BCUT2D eigenvalue weighted by atomic mass is 9.99. The molecule has 3 nitrogen and oxygen atoms in total. The zero-order valence-electron chi connectivity index (χ0n) is 12.7. The lowest BCUT2D eigenvalue weighted by Gasteiger charge is -2.33. The molecule has 0 amide bonds. The van der Waals surface area contributed by atoms with Crippen LogP contribution >= 0.6 is 24.0 Å². The Morgan fingerprint density at radius 3 is 2.53 bits per heavy atom. The number of piperidine rings is 1. The molecule has 19 heavy (non-hydrogen) atoms. The van der Waals surface area contributed by atoms with Gasteiger partial charge in [0.05, 0.1) is 0 Å². The van der Waals surface area contributed by atoms with Crippen LogP contribution in [-0.4, -0.2) is 36.5 Å². The fraction of sp³-hybridized carbons (Fsp3) is 0.933. The summed E-state index contributed by atoms with van der Waals surface area (Å²) in [6.07, 6.45) is 6.65. The zero-order chi connectivity index (χ0) is 13.0. The fourth-order valence-corrected chi connectivity index (χ4v) is 2.89. The van der Waals surface area contributed by atoms with Crippen molar-refractivity contribution >= 4 is 29.9 Å². The summed E-state index contributed by atoms with van der Waals surface area (Å²) in [7, 11) is 0. The molecule has 2 aliphatic rings. The van der Waals surface area contributed by atoms with Crippen LogP contribution < -0.4 is 5.32 Å². The van der Waals surface area contributed by atoms with Gasteiger partial charge in [-0.1, -0.05) is 20.3 Å². The van der Waals surface area contributed by atoms with Crippen molar-refractivity contribution in [2.45, 2.75) is 58.9 Å². The first-order chi connectivity index (χ1) is 8.74. The van der Waals surface area contributed by atoms with Crippen molar-refractivity contribution in [3.8, 4) is 0 Å². The van der Waals surface area contributed by atoms with Gasteiger partial charge >= 0.3 is 0 Å². The second-order valence-electron chi connectivity index (χ2n) is 6.00. The number of hydrogen-bond donors (Lipinski definition) is 1. The summed E-state index contributed by atoms with van der Waals surface area (Å²) in [4.78, 5) is 7.14. The van der Waals surface area contributed by atoms with Gasteiger partial charge in [0.1, 0.15) is 0 Å². The molecule has 0 aromatic rings. The standard InChI is InChI=1S/C15H29N3.HI/c1-4-6-13-11-14(13)17-15(16-5-2)18-9-7-12(3)8-10-18;/h12-14H,4-11H2,1-3H3,(H,16,17);1H. The number of guanidine groups is 1. The van der Waals surface area contributed by atoms with Crippen LogP contribution in [0.2, 0.25) is 0 Å². The Morgan fingerprint density at radius 1 is 1.26 bits per heavy atom. The predicted molar refractivity (Wildman–Crippen MR) is 93.3 cm³/mol. The average Bonchev–Trinajstić information content (AvgIpc) is 3.08. The first kappa shape index (κ1) is 17.1. The summed E-state index contributed by atoms with van der Waals surface area (Å²) >= 11 is 0. The minimum Gasteiger partial charge on any atom is -0.353 e. The minimum atomic E-state index is 0. The Hall–Kier alpha value is 0. The number of likely N-dealkylation sites (tertiary alicyclic amines) is 1. The second-order valence-corrected chi connectivity index (χ2v) is 6.00. The third kappa shape index (κ3) is 5.12. The maximum atomic E-state index is 4.68. The molecule has 1 saturated heterocycles. The van der Waals surface area contributed by atoms with Gasteiger partial charge in [-0.25, -0.2) is 0 Å². The van der Waals surface area contributed by atoms with Gasteiger partial charge < -0.3 is 10.2 Å². The van der Waals surface area contributed by atoms with Gasteiger partial charge in [0.15, 0.2) is 5.96 Å². The van der Waals surface area contributed by atoms with Gasteiger partial charge in [-0.05, 0) is 44.4 Å². The van der Waals surface area contributed by atoms with E-state index in [0.29, 0.717) is 6.04 Å². The largest absolute Gasteiger partial charge is 0.353 e. The van der Waals surface area contributed by atoms with Crippen LogP contribution in [0.5, 0.6) is 0 Å². The number of aliphatic imine (C=N–C) groups is 1. The first-order valence-corrected chi connectivity index (χ1v) is 7.80. The van der Waals surface area contributed by atoms with Crippen molar-refractivity contribution in [1.82, 2.24) is 10.2 Å². The van der Waals surface area contributed by atoms with E-state index in [9.17, 15) is 0 Å². The average molecular weight is 379 g/mol. The third-order valence-corrected chi connectivity index (χ3v) is 4.29. The summed E-state index contributed by atoms with van der Waals surface area (Å²) in [5, 5.41) is 3.69. The van der Waals surface area contributed by atoms with Crippen molar-refractivity contribution in [2.24, 2.45) is 16.8 Å². The van der Waals surface area contributed by atoms with E-state index in [1.165, 1.54) is 51.2 Å². The van der Waals surface area contributed by atoms with Crippen molar-refractivity contribution in [2.75, 3.05) is 19.6 Å². The molecular formula is C15H30IN3. The van der Waals surface area contributed by atoms with Crippen molar-refractivity contribution in [1.29, 1.82) is 0 Å². The molecule has 112 valence electrons. The number of nitrogens with one attached hydrogen (secondary N) is 1. The van der Waals surface area contributed by atoms with Gasteiger partial charge in [-0.15, -0.1) is 24.0 Å². The fourth-order valence-electron chi connectivity index (χ4n) is 2.89. The van der Waals surface area contributed by atoms with Gasteiger partial charge in [-0.2, -0.15) is 0 Å². The number of halogens is 1. The van der Waals surface area contributed by atoms with E-state index in [-0.39, 0.29) is 24.0 Å². The normalized spacial score (nSPS) is 27.9. The number of hydrogen-bond acceptors (Lipinski definition) is 1. The Bertz CT molecular complexity index is 285. The molecule has 1 aliphatic carbocycles. The van der Waals surface area contributed by atoms with Crippen LogP contribution in [0.25, 0.3) is 0 Å². The summed E-state index contributed by atoms with van der Waals surface area (Å²) < 4.78 is 0. The van der Waals surface area contributed by atoms with Crippen molar-refractivity contribution < 1.29 is 0 Å². The molecule has 2 atom stereocenters. The van der Waals surface area contributed by atoms with Crippen molar-refractivity contribution in [3.05, 3.63) is 0 Å². The summed E-state index contributed by atoms with van der Waals surface area (Å²) in [5.41, 5.74) is 0. The van der Waals surface area contributed by atoms with Gasteiger partial charge in [-0.3, -0.25) is 4.99 Å². The molecule has 1 N–H and O–H groups in total. The highest BCUT2D eigenvalue weighted by molar-refractivity contribution is 14.0. The van der Waals surface area contributed by atoms with Gasteiger partial charge in [0.25, 0.3) is 0 Å². The van der Waals surface area contributed by atoms with E-state index >= 15 is 0 Å². The zero-order valence-corrected chi connectivity index (χ0v) is 15.0. The quantitative estimate of drug-likeness (QED) is 0.460. The highest BCUT2D eigenvalue weighted by Crippen LogP contribution is 2.34. The molecule has 1 aliphatic heterocycles. The molecular weight excluding hydrogens is 349 g/mol. The smallest absolute Gasteiger partial charge is 0.194 e. The van der Waals surface area contributed by atoms with E-state index < -0.39 is 0 Å². The second kappa shape index (κ2) is 8.32. The van der Waals surface area contributed by atoms with E-state index in [1.807, 2.05) is 0 Å². The van der Waals surface area contributed by atoms with Crippen LogP contribution in [0.15, 0.2) is 4.99 Å². The highest BCUT2D eigenvalue weighted by atomic mass is 127. The molecule has 0 bridgehead atoms. The Morgan fingerprint density at radius 2 is 1.95 bits per heavy atom. The first-order valence-electron chi connectivity index (χ1n) is 7.80. The SMILES string of the molecule is CCCC1CC1NC(=NCC)N1CCC(C)CC1.I. The molecule has 0 aromatic carbocycles. The van der Waals surface area contributed by atoms with Crippen LogP contribution in [0.3, 0.4) is 0 Å². The Kier molecular flexibility index (Phi) is 7.47. The molecule has 2 rings (SSSR count). The molecule has 1 saturated carbocycles. The monoisotopic (exact) mass is 379 g/mol. The summed E-state index contributed by atoms with van der Waals surface area (Å²) in [5.74, 6) is 2.96. The van der Waals surface area contributed by atoms with E-state index in [0.717, 1.165) is 18.4 Å². The maximum absolute atomic E-state index is 4.68. The van der Waals surface area contributed by atoms with Gasteiger partial charge in [0, 0.05) is 25.7 Å². The topological polar surface area (TPSA) is 27.6 Å². The maximum Gasteiger partial charge on any atom is 0.194 e. The van der Waals surface area contributed by atoms with Crippen LogP contribution in [0, 0.1) is 11.8 Å². The van der Waals surface area contributed by atoms with Crippen LogP contribution in [0.4, 0.5) is 0 Å². The third-order valence-electron chi connectivity index (χ3n) is 4.29. The minimum absolute atomic E-state index is 0. The Labute approximate surface area is 135 Å². The Balaban J connectivity index is 0.00000180. The predicted octanol–water partition coefficient (Wildman–Crippen LogP) is 3.49. The molecule has 4 heteroatoms. The number of nitrogens with zero attached hydrogens (tertiary/aromatic N) is 2. The molecule has 2 unspecified atom stereocenters. The molecule has 2 fully saturated rings. The van der Waals surface area contributed by atoms with E-state index in [1.54, 1.807) is 0 Å². The lowest BCUT2D eigenvalue weighted by molar-refractivity contribution is 0.272. The lowest BCUT2D eigenvalue weighted by Crippen LogP contribution is -2.46. The van der Waals surface area contributed by atoms with Crippen molar-refractivity contribution in [3.63, 3.8) is 0 Å². The van der Waals surface area contributed by atoms with Gasteiger partial charge in [0.2, 0.25) is 0 Å². The molecule has 0 aromatic heterocycles. The summed E-state index contributed by atoms with van der Waals surface area (Å²) in [6, 6.07) is 0.703. The van der Waals surface area contributed by atoms with E-state index in [2.05, 4.69) is 36.0 Å².